The Kier molecular flexibility index (Phi) is 6.88. The third-order valence-electron chi connectivity index (χ3n) is 5.63. The fourth-order valence-corrected chi connectivity index (χ4v) is 4.04. The number of aryl methyl sites for hydroxylation is 1. The Morgan fingerprint density at radius 1 is 1.34 bits per heavy atom. The van der Waals surface area contributed by atoms with Gasteiger partial charge in [-0.05, 0) is 37.6 Å². The molecule has 32 heavy (non-hydrogen) atoms. The second-order valence-corrected chi connectivity index (χ2v) is 8.21. The van der Waals surface area contributed by atoms with E-state index in [0.717, 1.165) is 39.3 Å². The number of carbonyl (C=O) groups is 1. The zero-order chi connectivity index (χ0) is 22.7. The number of nitrogens with zero attached hydrogens (tertiary/aromatic N) is 3. The highest BCUT2D eigenvalue weighted by Crippen LogP contribution is 2.21. The van der Waals surface area contributed by atoms with Gasteiger partial charge >= 0.3 is 0 Å². The van der Waals surface area contributed by atoms with Gasteiger partial charge in [-0.25, -0.2) is 13.9 Å². The Bertz CT molecular complexity index is 1190. The molecule has 8 nitrogen and oxygen atoms in total. The second-order valence-electron chi connectivity index (χ2n) is 7.80. The molecule has 1 aliphatic rings. The van der Waals surface area contributed by atoms with E-state index < -0.39 is 5.82 Å². The molecular weight excluding hydrogens is 437 g/mol. The van der Waals surface area contributed by atoms with Crippen molar-refractivity contribution in [2.75, 3.05) is 39.4 Å². The molecule has 1 aliphatic heterocycles. The maximum Gasteiger partial charge on any atom is 0.276 e. The topological polar surface area (TPSA) is 91.7 Å². The zero-order valence-corrected chi connectivity index (χ0v) is 18.5. The molecular formula is C22H25ClFN5O3. The van der Waals surface area contributed by atoms with Gasteiger partial charge in [-0.1, -0.05) is 17.7 Å². The summed E-state index contributed by atoms with van der Waals surface area (Å²) in [5, 5.41) is 5.97. The van der Waals surface area contributed by atoms with Gasteiger partial charge in [0.1, 0.15) is 11.4 Å². The molecule has 3 aromatic rings. The summed E-state index contributed by atoms with van der Waals surface area (Å²) in [5.74, 6) is -0.725. The average molecular weight is 462 g/mol. The van der Waals surface area contributed by atoms with Crippen LogP contribution in [0.2, 0.25) is 5.02 Å². The highest BCUT2D eigenvalue weighted by atomic mass is 35.5. The van der Waals surface area contributed by atoms with Crippen LogP contribution in [0.1, 0.15) is 33.6 Å². The van der Waals surface area contributed by atoms with E-state index in [1.54, 1.807) is 13.0 Å². The van der Waals surface area contributed by atoms with Crippen LogP contribution in [0.4, 0.5) is 4.39 Å². The van der Waals surface area contributed by atoms with Gasteiger partial charge in [0.25, 0.3) is 11.5 Å². The largest absolute Gasteiger partial charge is 0.379 e. The Morgan fingerprint density at radius 3 is 2.88 bits per heavy atom. The van der Waals surface area contributed by atoms with Crippen LogP contribution in [0, 0.1) is 12.7 Å². The van der Waals surface area contributed by atoms with E-state index in [9.17, 15) is 14.0 Å². The molecule has 1 saturated heterocycles. The van der Waals surface area contributed by atoms with E-state index in [-0.39, 0.29) is 28.6 Å². The molecule has 3 heterocycles. The van der Waals surface area contributed by atoms with Crippen LogP contribution in [0.3, 0.4) is 0 Å². The van der Waals surface area contributed by atoms with Gasteiger partial charge in [-0.3, -0.25) is 19.6 Å². The number of fused-ring (bicyclic) bond motifs is 1. The third kappa shape index (κ3) is 4.85. The molecule has 2 aromatic heterocycles. The molecule has 170 valence electrons. The Hall–Kier alpha value is -2.75. The van der Waals surface area contributed by atoms with E-state index in [1.165, 1.54) is 22.8 Å². The first-order valence-corrected chi connectivity index (χ1v) is 10.9. The lowest BCUT2D eigenvalue weighted by molar-refractivity contribution is 0.0374. The number of aromatic nitrogens is 3. The third-order valence-corrected chi connectivity index (χ3v) is 5.98. The minimum absolute atomic E-state index is 0.210. The van der Waals surface area contributed by atoms with Gasteiger partial charge in [0.15, 0.2) is 5.65 Å². The molecule has 0 unspecified atom stereocenters. The smallest absolute Gasteiger partial charge is 0.276 e. The molecule has 1 amide bonds. The number of ether oxygens (including phenoxy) is 1. The predicted molar refractivity (Wildman–Crippen MR) is 119 cm³/mol. The zero-order valence-electron chi connectivity index (χ0n) is 17.8. The molecule has 0 saturated carbocycles. The molecule has 1 fully saturated rings. The molecule has 0 aliphatic carbocycles. The number of rotatable bonds is 7. The first kappa shape index (κ1) is 22.4. The second kappa shape index (κ2) is 9.81. The minimum atomic E-state index is -0.439. The fraction of sp³-hybridized carbons (Fsp3) is 0.409. The number of aromatic amines is 1. The molecule has 0 bridgehead atoms. The first-order valence-electron chi connectivity index (χ1n) is 10.6. The van der Waals surface area contributed by atoms with Gasteiger partial charge < -0.3 is 10.1 Å². The monoisotopic (exact) mass is 461 g/mol. The summed E-state index contributed by atoms with van der Waals surface area (Å²) >= 11 is 6.12. The number of hydrogen-bond donors (Lipinski definition) is 2. The lowest BCUT2D eigenvalue weighted by Gasteiger charge is -2.26. The number of morpholine rings is 1. The fourth-order valence-electron chi connectivity index (χ4n) is 3.81. The summed E-state index contributed by atoms with van der Waals surface area (Å²) in [6.07, 6.45) is 2.51. The van der Waals surface area contributed by atoms with Crippen LogP contribution in [0.5, 0.6) is 0 Å². The molecule has 0 atom stereocenters. The summed E-state index contributed by atoms with van der Waals surface area (Å²) in [6, 6.07) is 4.07. The van der Waals surface area contributed by atoms with Crippen molar-refractivity contribution in [1.29, 1.82) is 0 Å². The Balaban J connectivity index is 1.47. The van der Waals surface area contributed by atoms with Crippen molar-refractivity contribution in [3.8, 4) is 0 Å². The predicted octanol–water partition coefficient (Wildman–Crippen LogP) is 2.17. The van der Waals surface area contributed by atoms with Crippen LogP contribution in [0.15, 0.2) is 29.2 Å². The molecule has 4 rings (SSSR count). The maximum atomic E-state index is 13.3. The minimum Gasteiger partial charge on any atom is -0.379 e. The molecule has 1 aromatic carbocycles. The number of H-pyrrole nitrogens is 1. The Morgan fingerprint density at radius 2 is 2.12 bits per heavy atom. The summed E-state index contributed by atoms with van der Waals surface area (Å²) in [5.41, 5.74) is 1.81. The Labute approximate surface area is 189 Å². The van der Waals surface area contributed by atoms with Crippen LogP contribution in [-0.4, -0.2) is 64.8 Å². The maximum absolute atomic E-state index is 13.3. The van der Waals surface area contributed by atoms with E-state index in [0.29, 0.717) is 28.9 Å². The lowest BCUT2D eigenvalue weighted by atomic mass is 10.0. The van der Waals surface area contributed by atoms with Crippen LogP contribution in [-0.2, 0) is 11.2 Å². The van der Waals surface area contributed by atoms with Crippen LogP contribution >= 0.6 is 11.6 Å². The van der Waals surface area contributed by atoms with Crippen LogP contribution in [0.25, 0.3) is 5.65 Å². The summed E-state index contributed by atoms with van der Waals surface area (Å²) in [6.45, 7) is 6.45. The molecule has 0 spiro atoms. The highest BCUT2D eigenvalue weighted by Gasteiger charge is 2.19. The SMILES string of the molecule is Cc1nc2c(C(=O)NCCCN3CCOCC3)c[nH]n2c(=O)c1Cc1ccc(F)cc1Cl. The van der Waals surface area contributed by atoms with Crippen molar-refractivity contribution in [3.05, 3.63) is 68.0 Å². The van der Waals surface area contributed by atoms with E-state index >= 15 is 0 Å². The molecule has 0 radical (unpaired) electrons. The van der Waals surface area contributed by atoms with Gasteiger partial charge in [-0.15, -0.1) is 0 Å². The van der Waals surface area contributed by atoms with E-state index in [1.807, 2.05) is 0 Å². The first-order chi connectivity index (χ1) is 15.4. The summed E-state index contributed by atoms with van der Waals surface area (Å²) < 4.78 is 19.9. The van der Waals surface area contributed by atoms with Gasteiger partial charge in [0.2, 0.25) is 0 Å². The number of halogens is 2. The average Bonchev–Trinajstić information content (AvgIpc) is 3.20. The number of carbonyl (C=O) groups excluding carboxylic acids is 1. The van der Waals surface area contributed by atoms with Crippen molar-refractivity contribution in [2.24, 2.45) is 0 Å². The standard InChI is InChI=1S/C22H25ClFN5O3/c1-14-17(11-15-3-4-16(24)12-19(15)23)22(31)29-20(27-14)18(13-26-29)21(30)25-5-2-6-28-7-9-32-10-8-28/h3-4,12-13,26H,2,5-11H2,1H3,(H,25,30). The van der Waals surface area contributed by atoms with Crippen molar-refractivity contribution in [3.63, 3.8) is 0 Å². The highest BCUT2D eigenvalue weighted by molar-refractivity contribution is 6.31. The summed E-state index contributed by atoms with van der Waals surface area (Å²) in [7, 11) is 0. The molecule has 10 heteroatoms. The number of hydrogen-bond acceptors (Lipinski definition) is 5. The van der Waals surface area contributed by atoms with Crippen molar-refractivity contribution in [1.82, 2.24) is 24.8 Å². The van der Waals surface area contributed by atoms with Crippen molar-refractivity contribution in [2.45, 2.75) is 19.8 Å². The quantitative estimate of drug-likeness (QED) is 0.526. The van der Waals surface area contributed by atoms with Crippen LogP contribution < -0.4 is 10.9 Å². The number of amides is 1. The lowest BCUT2D eigenvalue weighted by Crippen LogP contribution is -2.38. The van der Waals surface area contributed by atoms with Gasteiger partial charge in [0, 0.05) is 48.5 Å². The van der Waals surface area contributed by atoms with Gasteiger partial charge in [-0.2, -0.15) is 0 Å². The van der Waals surface area contributed by atoms with Crippen molar-refractivity contribution < 1.29 is 13.9 Å². The number of nitrogens with one attached hydrogen (secondary N) is 2. The normalized spacial score (nSPS) is 14.7. The van der Waals surface area contributed by atoms with E-state index in [4.69, 9.17) is 16.3 Å². The van der Waals surface area contributed by atoms with Gasteiger partial charge in [0.05, 0.1) is 13.2 Å². The number of benzene rings is 1. The van der Waals surface area contributed by atoms with Crippen molar-refractivity contribution >= 4 is 23.2 Å². The van der Waals surface area contributed by atoms with E-state index in [2.05, 4.69) is 20.3 Å². The molecule has 2 N–H and O–H groups in total. The summed E-state index contributed by atoms with van der Waals surface area (Å²) in [4.78, 5) is 32.5.